The van der Waals surface area contributed by atoms with E-state index in [4.69, 9.17) is 23.2 Å². The van der Waals surface area contributed by atoms with Crippen molar-refractivity contribution in [3.63, 3.8) is 0 Å². The molecule has 0 fully saturated rings. The van der Waals surface area contributed by atoms with Crippen LogP contribution in [0.1, 0.15) is 5.56 Å². The van der Waals surface area contributed by atoms with E-state index in [2.05, 4.69) is 0 Å². The van der Waals surface area contributed by atoms with E-state index < -0.39 is 26.6 Å². The molecule has 0 atom stereocenters. The number of nitrogens with zero attached hydrogens (tertiary/aromatic N) is 1. The summed E-state index contributed by atoms with van der Waals surface area (Å²) in [6.45, 7) is -0.171. The molecule has 2 rings (SSSR count). The number of benzene rings is 2. The number of sulfonamides is 1. The second kappa shape index (κ2) is 6.50. The molecule has 0 aromatic heterocycles. The molecule has 0 saturated carbocycles. The molecule has 3 nitrogen and oxygen atoms in total. The summed E-state index contributed by atoms with van der Waals surface area (Å²) in [5, 5.41) is 0.460. The Labute approximate surface area is 137 Å². The standard InChI is InChI=1S/C14H11Cl2F2NO2S/c1-19(8-9-4-2-5-10(15)13(9)16)22(20,21)14-11(17)6-3-7-12(14)18/h2-7H,8H2,1H3. The fourth-order valence-corrected chi connectivity index (χ4v) is 3.51. The molecule has 0 amide bonds. The van der Waals surface area contributed by atoms with Crippen LogP contribution in [0.25, 0.3) is 0 Å². The van der Waals surface area contributed by atoms with Gasteiger partial charge in [0.05, 0.1) is 10.0 Å². The van der Waals surface area contributed by atoms with Crippen molar-refractivity contribution in [1.29, 1.82) is 0 Å². The van der Waals surface area contributed by atoms with E-state index in [9.17, 15) is 17.2 Å². The molecular formula is C14H11Cl2F2NO2S. The molecule has 0 aliphatic rings. The lowest BCUT2D eigenvalue weighted by Gasteiger charge is -2.19. The molecule has 0 N–H and O–H groups in total. The van der Waals surface area contributed by atoms with Crippen LogP contribution in [0.15, 0.2) is 41.3 Å². The summed E-state index contributed by atoms with van der Waals surface area (Å²) < 4.78 is 52.9. The average Bonchev–Trinajstić information content (AvgIpc) is 2.43. The molecule has 118 valence electrons. The fourth-order valence-electron chi connectivity index (χ4n) is 1.88. The van der Waals surface area contributed by atoms with Crippen LogP contribution in [-0.4, -0.2) is 19.8 Å². The van der Waals surface area contributed by atoms with Crippen LogP contribution >= 0.6 is 23.2 Å². The van der Waals surface area contributed by atoms with Crippen LogP contribution in [0, 0.1) is 11.6 Å². The van der Waals surface area contributed by atoms with E-state index in [1.165, 1.54) is 7.05 Å². The van der Waals surface area contributed by atoms with E-state index in [1.807, 2.05) is 0 Å². The summed E-state index contributed by atoms with van der Waals surface area (Å²) in [5.41, 5.74) is 0.428. The number of halogens is 4. The van der Waals surface area contributed by atoms with Crippen molar-refractivity contribution >= 4 is 33.2 Å². The maximum absolute atomic E-state index is 13.7. The third-order valence-corrected chi connectivity index (χ3v) is 5.73. The first-order chi connectivity index (χ1) is 10.2. The second-order valence-corrected chi connectivity index (χ2v) is 7.29. The highest BCUT2D eigenvalue weighted by Gasteiger charge is 2.28. The van der Waals surface area contributed by atoms with Crippen molar-refractivity contribution in [2.75, 3.05) is 7.05 Å². The smallest absolute Gasteiger partial charge is 0.207 e. The van der Waals surface area contributed by atoms with Gasteiger partial charge >= 0.3 is 0 Å². The minimum absolute atomic E-state index is 0.171. The first kappa shape index (κ1) is 17.1. The summed E-state index contributed by atoms with van der Waals surface area (Å²) in [6.07, 6.45) is 0. The van der Waals surface area contributed by atoms with Gasteiger partial charge in [-0.15, -0.1) is 0 Å². The van der Waals surface area contributed by atoms with Gasteiger partial charge in [0.25, 0.3) is 0 Å². The van der Waals surface area contributed by atoms with Crippen LogP contribution in [0.2, 0.25) is 10.0 Å². The Hall–Kier alpha value is -1.21. The highest BCUT2D eigenvalue weighted by molar-refractivity contribution is 7.89. The van der Waals surface area contributed by atoms with Gasteiger partial charge in [-0.1, -0.05) is 41.4 Å². The molecule has 0 heterocycles. The quantitative estimate of drug-likeness (QED) is 0.817. The van der Waals surface area contributed by atoms with Crippen LogP contribution in [0.5, 0.6) is 0 Å². The van der Waals surface area contributed by atoms with Crippen molar-refractivity contribution in [3.8, 4) is 0 Å². The zero-order valence-corrected chi connectivity index (χ0v) is 13.7. The van der Waals surface area contributed by atoms with Gasteiger partial charge in [0.2, 0.25) is 10.0 Å². The van der Waals surface area contributed by atoms with Crippen molar-refractivity contribution in [1.82, 2.24) is 4.31 Å². The van der Waals surface area contributed by atoms with Gasteiger partial charge in [0.1, 0.15) is 11.6 Å². The van der Waals surface area contributed by atoms with Gasteiger partial charge < -0.3 is 0 Å². The van der Waals surface area contributed by atoms with Crippen LogP contribution in [0.4, 0.5) is 8.78 Å². The van der Waals surface area contributed by atoms with Crippen molar-refractivity contribution < 1.29 is 17.2 Å². The summed E-state index contributed by atoms with van der Waals surface area (Å²) in [7, 11) is -3.14. The van der Waals surface area contributed by atoms with Crippen LogP contribution < -0.4 is 0 Å². The second-order valence-electron chi connectivity index (χ2n) is 4.52. The summed E-state index contributed by atoms with van der Waals surface area (Å²) >= 11 is 11.9. The van der Waals surface area contributed by atoms with Gasteiger partial charge in [-0.25, -0.2) is 17.2 Å². The highest BCUT2D eigenvalue weighted by Crippen LogP contribution is 2.28. The summed E-state index contributed by atoms with van der Waals surface area (Å²) in [6, 6.07) is 7.61. The molecule has 2 aromatic carbocycles. The molecule has 8 heteroatoms. The maximum Gasteiger partial charge on any atom is 0.248 e. The lowest BCUT2D eigenvalue weighted by Crippen LogP contribution is -2.28. The van der Waals surface area contributed by atoms with Gasteiger partial charge in [-0.2, -0.15) is 4.31 Å². The van der Waals surface area contributed by atoms with E-state index in [0.717, 1.165) is 22.5 Å². The summed E-state index contributed by atoms with van der Waals surface area (Å²) in [5.74, 6) is -2.30. The lowest BCUT2D eigenvalue weighted by molar-refractivity contribution is 0.448. The Balaban J connectivity index is 2.40. The van der Waals surface area contributed by atoms with E-state index in [0.29, 0.717) is 5.56 Å². The monoisotopic (exact) mass is 365 g/mol. The van der Waals surface area contributed by atoms with Gasteiger partial charge in [-0.3, -0.25) is 0 Å². The SMILES string of the molecule is CN(Cc1cccc(Cl)c1Cl)S(=O)(=O)c1c(F)cccc1F. The van der Waals surface area contributed by atoms with Crippen LogP contribution in [0.3, 0.4) is 0 Å². The Kier molecular flexibility index (Phi) is 5.07. The molecule has 0 aliphatic heterocycles. The lowest BCUT2D eigenvalue weighted by atomic mass is 10.2. The first-order valence-electron chi connectivity index (χ1n) is 6.08. The van der Waals surface area contributed by atoms with Crippen molar-refractivity contribution in [2.24, 2.45) is 0 Å². The molecule has 22 heavy (non-hydrogen) atoms. The number of hydrogen-bond donors (Lipinski definition) is 0. The molecule has 0 radical (unpaired) electrons. The van der Waals surface area contributed by atoms with E-state index in [1.54, 1.807) is 18.2 Å². The molecule has 0 saturated heterocycles. The average molecular weight is 366 g/mol. The third kappa shape index (κ3) is 3.25. The van der Waals surface area contributed by atoms with Crippen molar-refractivity contribution in [2.45, 2.75) is 11.4 Å². The zero-order chi connectivity index (χ0) is 16.5. The molecule has 0 aliphatic carbocycles. The van der Waals surface area contributed by atoms with E-state index in [-0.39, 0.29) is 16.6 Å². The molecular weight excluding hydrogens is 355 g/mol. The minimum atomic E-state index is -4.35. The fraction of sp³-hybridized carbons (Fsp3) is 0.143. The predicted octanol–water partition coefficient (Wildman–Crippen LogP) is 4.09. The predicted molar refractivity (Wildman–Crippen MR) is 81.5 cm³/mol. The number of hydrogen-bond acceptors (Lipinski definition) is 2. The van der Waals surface area contributed by atoms with Gasteiger partial charge in [0.15, 0.2) is 4.90 Å². The molecule has 0 spiro atoms. The maximum atomic E-state index is 13.7. The Morgan fingerprint density at radius 3 is 2.18 bits per heavy atom. The Bertz CT molecular complexity index is 792. The summed E-state index contributed by atoms with van der Waals surface area (Å²) in [4.78, 5) is -0.990. The van der Waals surface area contributed by atoms with Crippen molar-refractivity contribution in [3.05, 3.63) is 63.6 Å². The third-order valence-electron chi connectivity index (χ3n) is 3.01. The zero-order valence-electron chi connectivity index (χ0n) is 11.4. The first-order valence-corrected chi connectivity index (χ1v) is 8.28. The number of rotatable bonds is 4. The Morgan fingerprint density at radius 2 is 1.59 bits per heavy atom. The van der Waals surface area contributed by atoms with Gasteiger partial charge in [0, 0.05) is 13.6 Å². The molecule has 0 unspecified atom stereocenters. The molecule has 2 aromatic rings. The largest absolute Gasteiger partial charge is 0.248 e. The Morgan fingerprint density at radius 1 is 1.05 bits per heavy atom. The molecule has 0 bridgehead atoms. The van der Waals surface area contributed by atoms with Crippen LogP contribution in [-0.2, 0) is 16.6 Å². The van der Waals surface area contributed by atoms with E-state index >= 15 is 0 Å². The topological polar surface area (TPSA) is 37.4 Å². The normalized spacial score (nSPS) is 11.9. The minimum Gasteiger partial charge on any atom is -0.207 e. The van der Waals surface area contributed by atoms with Gasteiger partial charge in [-0.05, 0) is 23.8 Å². The highest BCUT2D eigenvalue weighted by atomic mass is 35.5.